The number of nitrogens with one attached hydrogen (secondary N) is 3. The number of piperidine rings is 1. The fraction of sp³-hybridized carbons (Fsp3) is 0.509. The van der Waals surface area contributed by atoms with Crippen molar-refractivity contribution >= 4 is 46.6 Å². The number of nitriles is 1. The number of carbonyl (C=O) groups excluding carboxylic acids is 4. The number of ether oxygens (including phenoxy) is 2. The topological polar surface area (TPSA) is 186 Å². The van der Waals surface area contributed by atoms with Crippen LogP contribution in [0.25, 0.3) is 10.4 Å². The number of aryl methyl sites for hydroxylation is 1. The molecule has 4 aromatic rings. The molecule has 69 heavy (non-hydrogen) atoms. The summed E-state index contributed by atoms with van der Waals surface area (Å²) in [4.78, 5) is 63.4. The predicted molar refractivity (Wildman–Crippen MR) is 267 cm³/mol. The van der Waals surface area contributed by atoms with Gasteiger partial charge in [0.05, 0.1) is 39.4 Å². The van der Waals surface area contributed by atoms with E-state index >= 15 is 0 Å². The van der Waals surface area contributed by atoms with E-state index in [0.29, 0.717) is 41.0 Å². The van der Waals surface area contributed by atoms with E-state index in [1.54, 1.807) is 29.5 Å². The molecule has 2 saturated heterocycles. The van der Waals surface area contributed by atoms with Crippen LogP contribution >= 0.6 is 22.9 Å². The van der Waals surface area contributed by atoms with Crippen LogP contribution in [0.15, 0.2) is 72.2 Å². The summed E-state index contributed by atoms with van der Waals surface area (Å²) in [6, 6.07) is 21.0. The number of rotatable bonds is 16. The van der Waals surface area contributed by atoms with Crippen LogP contribution in [0, 0.1) is 34.5 Å². The third-order valence-corrected chi connectivity index (χ3v) is 15.4. The molecule has 1 aromatic heterocycles. The largest absolute Gasteiger partial charge is 0.489 e. The van der Waals surface area contributed by atoms with E-state index < -0.39 is 35.4 Å². The van der Waals surface area contributed by atoms with Crippen LogP contribution in [0.5, 0.6) is 5.75 Å². The molecule has 4 N–H and O–H groups in total. The molecule has 14 nitrogen and oxygen atoms in total. The van der Waals surface area contributed by atoms with Crippen molar-refractivity contribution in [3.8, 4) is 22.3 Å². The average Bonchev–Trinajstić information content (AvgIpc) is 3.94. The molecular formula is C53H66ClN7O7S. The van der Waals surface area contributed by atoms with Gasteiger partial charge in [-0.3, -0.25) is 19.2 Å². The van der Waals surface area contributed by atoms with Gasteiger partial charge in [-0.15, -0.1) is 11.3 Å². The third-order valence-electron chi connectivity index (χ3n) is 14.2. The van der Waals surface area contributed by atoms with Crippen LogP contribution in [0.3, 0.4) is 0 Å². The number of hydrogen-bond acceptors (Lipinski definition) is 11. The molecular weight excluding hydrogens is 914 g/mol. The molecule has 0 bridgehead atoms. The van der Waals surface area contributed by atoms with Crippen molar-refractivity contribution in [1.29, 1.82) is 5.26 Å². The number of amides is 4. The molecule has 4 amide bonds. The minimum absolute atomic E-state index is 0.00609. The number of thiazole rings is 1. The second-order valence-electron chi connectivity index (χ2n) is 21.0. The van der Waals surface area contributed by atoms with E-state index in [-0.39, 0.29) is 60.9 Å². The normalized spacial score (nSPS) is 21.7. The van der Waals surface area contributed by atoms with Gasteiger partial charge in [0.2, 0.25) is 17.7 Å². The SMILES string of the molecule is Cc1ncsc1-c1ccc(CNC(=O)[C@@H]2C[C@@H](O)CN2C(=O)[C@@H](NC(=O)COCCN2CCC(c3ccc(C(=O)NC4C(C)(C)C(Oc5ccc(C#N)c(Cl)c5)C4(C)C)cc3)CC2)C(C)(C)C)cc1. The molecule has 0 radical (unpaired) electrons. The second-order valence-corrected chi connectivity index (χ2v) is 22.3. The lowest BCUT2D eigenvalue weighted by molar-refractivity contribution is -0.164. The van der Waals surface area contributed by atoms with Gasteiger partial charge >= 0.3 is 0 Å². The summed E-state index contributed by atoms with van der Waals surface area (Å²) in [6.07, 6.45) is 0.937. The molecule has 3 aromatic carbocycles. The second kappa shape index (κ2) is 21.3. The van der Waals surface area contributed by atoms with Gasteiger partial charge in [-0.1, -0.05) is 96.5 Å². The summed E-state index contributed by atoms with van der Waals surface area (Å²) in [7, 11) is 0. The zero-order valence-electron chi connectivity index (χ0n) is 40.9. The number of benzene rings is 3. The third kappa shape index (κ3) is 11.8. The monoisotopic (exact) mass is 979 g/mol. The number of halogens is 1. The molecule has 1 saturated carbocycles. The Labute approximate surface area is 415 Å². The number of hydrogen-bond donors (Lipinski definition) is 4. The van der Waals surface area contributed by atoms with Gasteiger partial charge in [0, 0.05) is 54.6 Å². The molecule has 0 unspecified atom stereocenters. The van der Waals surface area contributed by atoms with Crippen LogP contribution in [0.2, 0.25) is 5.02 Å². The molecule has 3 aliphatic rings. The van der Waals surface area contributed by atoms with E-state index in [9.17, 15) is 29.5 Å². The summed E-state index contributed by atoms with van der Waals surface area (Å²) in [5.74, 6) is -0.403. The highest BCUT2D eigenvalue weighted by Crippen LogP contribution is 2.55. The van der Waals surface area contributed by atoms with Crippen LogP contribution in [-0.4, -0.2) is 113 Å². The van der Waals surface area contributed by atoms with Gasteiger partial charge < -0.3 is 40.3 Å². The summed E-state index contributed by atoms with van der Waals surface area (Å²) >= 11 is 7.84. The number of aliphatic hydroxyl groups excluding tert-OH is 1. The highest BCUT2D eigenvalue weighted by Gasteiger charge is 2.64. The highest BCUT2D eigenvalue weighted by molar-refractivity contribution is 7.13. The number of aliphatic hydroxyl groups is 1. The van der Waals surface area contributed by atoms with Crippen LogP contribution in [0.4, 0.5) is 0 Å². The van der Waals surface area contributed by atoms with Crippen molar-refractivity contribution in [2.24, 2.45) is 16.2 Å². The number of nitrogens with zero attached hydrogens (tertiary/aromatic N) is 4. The first-order chi connectivity index (χ1) is 32.7. The first-order valence-electron chi connectivity index (χ1n) is 23.8. The lowest BCUT2D eigenvalue weighted by Gasteiger charge is -2.63. The molecule has 368 valence electrons. The molecule has 7 rings (SSSR count). The first-order valence-corrected chi connectivity index (χ1v) is 25.0. The van der Waals surface area contributed by atoms with E-state index in [1.807, 2.05) is 69.6 Å². The van der Waals surface area contributed by atoms with E-state index in [1.165, 1.54) is 10.5 Å². The zero-order valence-corrected chi connectivity index (χ0v) is 42.5. The van der Waals surface area contributed by atoms with Gasteiger partial charge in [0.1, 0.15) is 36.6 Å². The number of carbonyl (C=O) groups is 4. The summed E-state index contributed by atoms with van der Waals surface area (Å²) in [6.45, 7) is 18.6. The minimum Gasteiger partial charge on any atom is -0.489 e. The zero-order chi connectivity index (χ0) is 49.8. The van der Waals surface area contributed by atoms with Crippen molar-refractivity contribution in [3.63, 3.8) is 0 Å². The molecule has 2 aliphatic heterocycles. The Morgan fingerprint density at radius 1 is 1.00 bits per heavy atom. The Balaban J connectivity index is 0.823. The Kier molecular flexibility index (Phi) is 15.9. The number of likely N-dealkylation sites (tertiary alicyclic amines) is 2. The van der Waals surface area contributed by atoms with Gasteiger partial charge in [0.15, 0.2) is 0 Å². The molecule has 3 heterocycles. The number of aromatic nitrogens is 1. The Morgan fingerprint density at radius 2 is 1.68 bits per heavy atom. The van der Waals surface area contributed by atoms with Gasteiger partial charge in [0.25, 0.3) is 5.91 Å². The van der Waals surface area contributed by atoms with Crippen molar-refractivity contribution in [2.75, 3.05) is 39.4 Å². The lowest BCUT2D eigenvalue weighted by atomic mass is 9.49. The molecule has 3 fully saturated rings. The van der Waals surface area contributed by atoms with Gasteiger partial charge in [-0.2, -0.15) is 5.26 Å². The average molecular weight is 981 g/mol. The Hall–Kier alpha value is -5.37. The minimum atomic E-state index is -0.947. The molecule has 1 aliphatic carbocycles. The fourth-order valence-corrected chi connectivity index (χ4v) is 11.6. The standard InChI is InChI=1S/C53H66ClN7O7S/c1-32-44(69-31-57-32)36-11-9-33(10-12-36)28-56-47(65)42-25-39(62)29-61(42)48(66)45(51(2,3)4)58-43(63)30-67-24-23-60-21-19-35(20-22-60)34-13-15-37(16-14-34)46(64)59-49-52(5,6)50(53(49,7)8)68-40-18-17-38(27-55)41(54)26-40/h9-18,26,31,35,39,42,45,49-50,62H,19-25,28-30H2,1-8H3,(H,56,65)(H,58,63)(H,59,64)/t39-,42+,45-,49?,50?/m1/s1. The summed E-state index contributed by atoms with van der Waals surface area (Å²) in [5, 5.41) is 29.3. The first kappa shape index (κ1) is 51.5. The smallest absolute Gasteiger partial charge is 0.251 e. The van der Waals surface area contributed by atoms with Gasteiger partial charge in [-0.25, -0.2) is 4.98 Å². The molecule has 3 atom stereocenters. The van der Waals surface area contributed by atoms with Crippen molar-refractivity contribution in [2.45, 2.75) is 117 Å². The van der Waals surface area contributed by atoms with E-state index in [4.69, 9.17) is 21.1 Å². The van der Waals surface area contributed by atoms with Crippen molar-refractivity contribution in [3.05, 3.63) is 105 Å². The van der Waals surface area contributed by atoms with Crippen molar-refractivity contribution < 1.29 is 33.8 Å². The van der Waals surface area contributed by atoms with E-state index in [0.717, 1.165) is 47.6 Å². The predicted octanol–water partition coefficient (Wildman–Crippen LogP) is 7.26. The lowest BCUT2D eigenvalue weighted by Crippen LogP contribution is -2.74. The Bertz CT molecular complexity index is 2510. The molecule has 0 spiro atoms. The fourth-order valence-electron chi connectivity index (χ4n) is 10.5. The molecule has 16 heteroatoms. The maximum Gasteiger partial charge on any atom is 0.251 e. The maximum atomic E-state index is 14.1. The van der Waals surface area contributed by atoms with Crippen molar-refractivity contribution in [1.82, 2.24) is 30.7 Å². The Morgan fingerprint density at radius 3 is 2.29 bits per heavy atom. The van der Waals surface area contributed by atoms with Crippen LogP contribution in [-0.2, 0) is 25.7 Å². The summed E-state index contributed by atoms with van der Waals surface area (Å²) in [5.41, 5.74) is 5.49. The highest BCUT2D eigenvalue weighted by atomic mass is 35.5. The van der Waals surface area contributed by atoms with Crippen LogP contribution in [0.1, 0.15) is 106 Å². The maximum absolute atomic E-state index is 14.1. The number of β-amino-alcohol motifs (C(OH)–C–C–N with tert-alkyl or cyclic N) is 1. The van der Waals surface area contributed by atoms with Gasteiger partial charge in [-0.05, 0) is 85.1 Å². The summed E-state index contributed by atoms with van der Waals surface area (Å²) < 4.78 is 12.2. The van der Waals surface area contributed by atoms with E-state index in [2.05, 4.69) is 71.7 Å². The quantitative estimate of drug-likeness (QED) is 0.0833. The van der Waals surface area contributed by atoms with Crippen LogP contribution < -0.4 is 20.7 Å².